The molecule has 1 saturated heterocycles. The standard InChI is InChI=1S/C16H23ClN2OS/c1-3-21-11-6-16(20)19-9-7-18(8-10-19)15-12-14(17)5-4-13(15)2/h4-5,12H,3,6-11H2,1-2H3. The van der Waals surface area contributed by atoms with Gasteiger partial charge in [0.2, 0.25) is 5.91 Å². The molecule has 0 saturated carbocycles. The molecule has 1 aromatic rings. The highest BCUT2D eigenvalue weighted by Gasteiger charge is 2.21. The third-order valence-electron chi connectivity index (χ3n) is 3.81. The van der Waals surface area contributed by atoms with Crippen LogP contribution in [0.3, 0.4) is 0 Å². The molecular formula is C16H23ClN2OS. The fourth-order valence-corrected chi connectivity index (χ4v) is 3.36. The van der Waals surface area contributed by atoms with E-state index in [1.165, 1.54) is 11.3 Å². The van der Waals surface area contributed by atoms with Crippen LogP contribution in [0.15, 0.2) is 18.2 Å². The normalized spacial score (nSPS) is 15.4. The number of nitrogens with zero attached hydrogens (tertiary/aromatic N) is 2. The second-order valence-electron chi connectivity index (χ2n) is 5.25. The van der Waals surface area contributed by atoms with Crippen molar-refractivity contribution in [1.82, 2.24) is 4.90 Å². The Bertz CT molecular complexity index is 487. The lowest BCUT2D eigenvalue weighted by atomic mass is 10.1. The van der Waals surface area contributed by atoms with Crippen LogP contribution < -0.4 is 4.90 Å². The van der Waals surface area contributed by atoms with E-state index in [-0.39, 0.29) is 0 Å². The van der Waals surface area contributed by atoms with E-state index in [0.29, 0.717) is 12.3 Å². The quantitative estimate of drug-likeness (QED) is 0.774. The van der Waals surface area contributed by atoms with Gasteiger partial charge in [-0.1, -0.05) is 24.6 Å². The van der Waals surface area contributed by atoms with Crippen LogP contribution in [0.1, 0.15) is 18.9 Å². The summed E-state index contributed by atoms with van der Waals surface area (Å²) >= 11 is 7.92. The molecular weight excluding hydrogens is 304 g/mol. The van der Waals surface area contributed by atoms with Crippen LogP contribution in [0.5, 0.6) is 0 Å². The number of thioether (sulfide) groups is 1. The van der Waals surface area contributed by atoms with Gasteiger partial charge in [0.1, 0.15) is 0 Å². The van der Waals surface area contributed by atoms with E-state index in [0.717, 1.165) is 42.7 Å². The highest BCUT2D eigenvalue weighted by molar-refractivity contribution is 7.99. The smallest absolute Gasteiger partial charge is 0.223 e. The van der Waals surface area contributed by atoms with Crippen LogP contribution in [0.4, 0.5) is 5.69 Å². The van der Waals surface area contributed by atoms with Crippen molar-refractivity contribution in [3.05, 3.63) is 28.8 Å². The number of carbonyl (C=O) groups is 1. The molecule has 0 unspecified atom stereocenters. The summed E-state index contributed by atoms with van der Waals surface area (Å²) in [4.78, 5) is 16.4. The molecule has 2 rings (SSSR count). The molecule has 1 fully saturated rings. The zero-order chi connectivity index (χ0) is 15.2. The average Bonchev–Trinajstić information content (AvgIpc) is 2.50. The fraction of sp³-hybridized carbons (Fsp3) is 0.562. The second-order valence-corrected chi connectivity index (χ2v) is 7.08. The summed E-state index contributed by atoms with van der Waals surface area (Å²) in [5, 5.41) is 0.769. The minimum Gasteiger partial charge on any atom is -0.368 e. The third kappa shape index (κ3) is 4.55. The maximum Gasteiger partial charge on any atom is 0.223 e. The van der Waals surface area contributed by atoms with Crippen molar-refractivity contribution < 1.29 is 4.79 Å². The molecule has 0 bridgehead atoms. The molecule has 0 radical (unpaired) electrons. The van der Waals surface area contributed by atoms with Crippen molar-refractivity contribution in [2.75, 3.05) is 42.6 Å². The van der Waals surface area contributed by atoms with E-state index in [9.17, 15) is 4.79 Å². The Morgan fingerprint density at radius 1 is 1.29 bits per heavy atom. The van der Waals surface area contributed by atoms with E-state index < -0.39 is 0 Å². The first kappa shape index (κ1) is 16.5. The number of halogens is 1. The zero-order valence-electron chi connectivity index (χ0n) is 12.8. The lowest BCUT2D eigenvalue weighted by Gasteiger charge is -2.37. The van der Waals surface area contributed by atoms with Crippen molar-refractivity contribution in [3.8, 4) is 0 Å². The van der Waals surface area contributed by atoms with E-state index in [4.69, 9.17) is 11.6 Å². The maximum atomic E-state index is 12.1. The molecule has 0 aromatic heterocycles. The van der Waals surface area contributed by atoms with Crippen LogP contribution in [0.25, 0.3) is 0 Å². The summed E-state index contributed by atoms with van der Waals surface area (Å²) in [5.41, 5.74) is 2.43. The first-order chi connectivity index (χ1) is 10.1. The zero-order valence-corrected chi connectivity index (χ0v) is 14.3. The second kappa shape index (κ2) is 7.95. The van der Waals surface area contributed by atoms with Crippen LogP contribution in [0, 0.1) is 6.92 Å². The number of aryl methyl sites for hydroxylation is 1. The number of anilines is 1. The molecule has 1 aliphatic rings. The van der Waals surface area contributed by atoms with Crippen LogP contribution in [-0.4, -0.2) is 48.5 Å². The largest absolute Gasteiger partial charge is 0.368 e. The van der Waals surface area contributed by atoms with Crippen LogP contribution in [0.2, 0.25) is 5.02 Å². The van der Waals surface area contributed by atoms with E-state index in [1.54, 1.807) is 0 Å². The predicted molar refractivity (Wildman–Crippen MR) is 92.6 cm³/mol. The predicted octanol–water partition coefficient (Wildman–Crippen LogP) is 3.44. The molecule has 5 heteroatoms. The summed E-state index contributed by atoms with van der Waals surface area (Å²) < 4.78 is 0. The SMILES string of the molecule is CCSCCC(=O)N1CCN(c2cc(Cl)ccc2C)CC1. The molecule has 1 aromatic carbocycles. The van der Waals surface area contributed by atoms with Crippen LogP contribution >= 0.6 is 23.4 Å². The van der Waals surface area contributed by atoms with Gasteiger partial charge in [-0.3, -0.25) is 4.79 Å². The van der Waals surface area contributed by atoms with Gasteiger partial charge in [0, 0.05) is 49.1 Å². The van der Waals surface area contributed by atoms with Crippen molar-refractivity contribution >= 4 is 35.0 Å². The van der Waals surface area contributed by atoms with E-state index in [1.807, 2.05) is 28.8 Å². The number of benzene rings is 1. The van der Waals surface area contributed by atoms with Crippen molar-refractivity contribution in [2.24, 2.45) is 0 Å². The minimum absolute atomic E-state index is 0.290. The first-order valence-corrected chi connectivity index (χ1v) is 9.01. The third-order valence-corrected chi connectivity index (χ3v) is 4.94. The van der Waals surface area contributed by atoms with Gasteiger partial charge in [-0.05, 0) is 30.4 Å². The van der Waals surface area contributed by atoms with E-state index >= 15 is 0 Å². The molecule has 1 amide bonds. The first-order valence-electron chi connectivity index (χ1n) is 7.48. The van der Waals surface area contributed by atoms with Crippen LogP contribution in [-0.2, 0) is 4.79 Å². The number of carbonyl (C=O) groups excluding carboxylic acids is 1. The van der Waals surface area contributed by atoms with Gasteiger partial charge in [0.25, 0.3) is 0 Å². The molecule has 21 heavy (non-hydrogen) atoms. The van der Waals surface area contributed by atoms with Gasteiger partial charge >= 0.3 is 0 Å². The van der Waals surface area contributed by atoms with Gasteiger partial charge in [-0.15, -0.1) is 0 Å². The molecule has 1 aliphatic heterocycles. The molecule has 116 valence electrons. The fourth-order valence-electron chi connectivity index (χ4n) is 2.58. The number of hydrogen-bond acceptors (Lipinski definition) is 3. The van der Waals surface area contributed by atoms with Gasteiger partial charge < -0.3 is 9.80 Å². The monoisotopic (exact) mass is 326 g/mol. The van der Waals surface area contributed by atoms with E-state index in [2.05, 4.69) is 24.8 Å². The lowest BCUT2D eigenvalue weighted by Crippen LogP contribution is -2.49. The molecule has 0 atom stereocenters. The van der Waals surface area contributed by atoms with Gasteiger partial charge in [-0.2, -0.15) is 11.8 Å². The number of amides is 1. The van der Waals surface area contributed by atoms with Gasteiger partial charge in [0.05, 0.1) is 0 Å². The highest BCUT2D eigenvalue weighted by Crippen LogP contribution is 2.25. The minimum atomic E-state index is 0.290. The lowest BCUT2D eigenvalue weighted by molar-refractivity contribution is -0.131. The molecule has 3 nitrogen and oxygen atoms in total. The summed E-state index contributed by atoms with van der Waals surface area (Å²) in [6.45, 7) is 7.61. The Morgan fingerprint density at radius 3 is 2.67 bits per heavy atom. The Morgan fingerprint density at radius 2 is 2.00 bits per heavy atom. The summed E-state index contributed by atoms with van der Waals surface area (Å²) in [6, 6.07) is 6.00. The summed E-state index contributed by atoms with van der Waals surface area (Å²) in [7, 11) is 0. The Labute approximate surface area is 136 Å². The summed E-state index contributed by atoms with van der Waals surface area (Å²) in [6.07, 6.45) is 0.661. The maximum absolute atomic E-state index is 12.1. The molecule has 0 N–H and O–H groups in total. The topological polar surface area (TPSA) is 23.6 Å². The van der Waals surface area contributed by atoms with Crippen molar-refractivity contribution in [2.45, 2.75) is 20.3 Å². The number of piperazine rings is 1. The molecule has 1 heterocycles. The Kier molecular flexibility index (Phi) is 6.24. The van der Waals surface area contributed by atoms with Crippen molar-refractivity contribution in [3.63, 3.8) is 0 Å². The molecule has 0 aliphatic carbocycles. The average molecular weight is 327 g/mol. The van der Waals surface area contributed by atoms with Gasteiger partial charge in [-0.25, -0.2) is 0 Å². The number of hydrogen-bond donors (Lipinski definition) is 0. The van der Waals surface area contributed by atoms with Gasteiger partial charge in [0.15, 0.2) is 0 Å². The number of rotatable bonds is 5. The molecule has 0 spiro atoms. The summed E-state index contributed by atoms with van der Waals surface area (Å²) in [5.74, 6) is 2.30. The highest BCUT2D eigenvalue weighted by atomic mass is 35.5. The van der Waals surface area contributed by atoms with Crippen molar-refractivity contribution in [1.29, 1.82) is 0 Å². The Hall–Kier alpha value is -0.870. The Balaban J connectivity index is 1.88.